The summed E-state index contributed by atoms with van der Waals surface area (Å²) >= 11 is 6.02. The predicted octanol–water partition coefficient (Wildman–Crippen LogP) is 3.45. The molecule has 2 rings (SSSR count). The van der Waals surface area contributed by atoms with Crippen LogP contribution in [-0.2, 0) is 6.18 Å². The number of alkyl halides is 4. The maximum absolute atomic E-state index is 12.5. The zero-order valence-corrected chi connectivity index (χ0v) is 10.8. The Hall–Kier alpha value is -1.23. The van der Waals surface area contributed by atoms with Crippen molar-refractivity contribution in [2.75, 3.05) is 6.54 Å². The Labute approximate surface area is 113 Å². The van der Waals surface area contributed by atoms with Gasteiger partial charge in [-0.15, -0.1) is 11.6 Å². The fourth-order valence-electron chi connectivity index (χ4n) is 1.75. The van der Waals surface area contributed by atoms with Crippen LogP contribution in [-0.4, -0.2) is 17.8 Å². The van der Waals surface area contributed by atoms with Crippen LogP contribution in [0.25, 0.3) is 0 Å². The zero-order chi connectivity index (χ0) is 14.0. The minimum atomic E-state index is -4.45. The van der Waals surface area contributed by atoms with Crippen molar-refractivity contribution < 1.29 is 18.0 Å². The molecule has 0 spiro atoms. The van der Waals surface area contributed by atoms with Gasteiger partial charge in [0, 0.05) is 12.1 Å². The Morgan fingerprint density at radius 3 is 2.68 bits per heavy atom. The minimum absolute atomic E-state index is 0.00510. The van der Waals surface area contributed by atoms with E-state index in [2.05, 4.69) is 5.32 Å². The molecule has 1 unspecified atom stereocenters. The fraction of sp³-hybridized carbons (Fsp3) is 0.462. The molecule has 1 fully saturated rings. The van der Waals surface area contributed by atoms with E-state index in [9.17, 15) is 18.0 Å². The second-order valence-electron chi connectivity index (χ2n) is 4.64. The molecule has 1 aliphatic carbocycles. The highest BCUT2D eigenvalue weighted by atomic mass is 35.5. The number of rotatable bonds is 4. The van der Waals surface area contributed by atoms with Gasteiger partial charge in [-0.3, -0.25) is 4.79 Å². The third-order valence-corrected chi connectivity index (χ3v) is 3.55. The summed E-state index contributed by atoms with van der Waals surface area (Å²) in [4.78, 5) is 11.7. The largest absolute Gasteiger partial charge is 0.416 e. The van der Waals surface area contributed by atoms with E-state index in [4.69, 9.17) is 11.6 Å². The number of halogens is 4. The lowest BCUT2D eigenvalue weighted by Crippen LogP contribution is -2.30. The number of nitrogens with one attached hydrogen (secondary N) is 1. The average molecular weight is 292 g/mol. The van der Waals surface area contributed by atoms with Gasteiger partial charge in [0.2, 0.25) is 0 Å². The summed E-state index contributed by atoms with van der Waals surface area (Å²) in [6.07, 6.45) is -2.35. The van der Waals surface area contributed by atoms with Gasteiger partial charge in [-0.05, 0) is 37.0 Å². The Kier molecular flexibility index (Phi) is 4.04. The highest BCUT2D eigenvalue weighted by Crippen LogP contribution is 2.35. The Morgan fingerprint density at radius 1 is 1.42 bits per heavy atom. The van der Waals surface area contributed by atoms with Crippen LogP contribution < -0.4 is 5.32 Å². The van der Waals surface area contributed by atoms with Crippen molar-refractivity contribution in [3.05, 3.63) is 35.4 Å². The smallest absolute Gasteiger partial charge is 0.351 e. The molecule has 6 heteroatoms. The van der Waals surface area contributed by atoms with Gasteiger partial charge in [-0.25, -0.2) is 0 Å². The van der Waals surface area contributed by atoms with Crippen LogP contribution in [0.15, 0.2) is 24.3 Å². The average Bonchev–Trinajstić information content (AvgIpc) is 3.19. The van der Waals surface area contributed by atoms with Gasteiger partial charge in [-0.2, -0.15) is 13.2 Å². The molecular weight excluding hydrogens is 279 g/mol. The summed E-state index contributed by atoms with van der Waals surface area (Å²) in [5.74, 6) is -0.110. The lowest BCUT2D eigenvalue weighted by atomic mass is 10.1. The van der Waals surface area contributed by atoms with Crippen LogP contribution in [0, 0.1) is 5.92 Å². The molecule has 0 aliphatic heterocycles. The summed E-state index contributed by atoms with van der Waals surface area (Å²) in [6.45, 7) is 0.279. The monoisotopic (exact) mass is 291 g/mol. The van der Waals surface area contributed by atoms with Crippen LogP contribution in [0.5, 0.6) is 0 Å². The van der Waals surface area contributed by atoms with E-state index in [0.717, 1.165) is 25.0 Å². The first kappa shape index (κ1) is 14.2. The highest BCUT2D eigenvalue weighted by molar-refractivity contribution is 6.21. The van der Waals surface area contributed by atoms with Gasteiger partial charge in [0.1, 0.15) is 0 Å². The third kappa shape index (κ3) is 3.86. The molecular formula is C13H13ClF3NO. The second kappa shape index (κ2) is 5.41. The SMILES string of the molecule is O=C(NCC(Cl)C1CC1)c1cccc(C(F)(F)F)c1. The first-order valence-corrected chi connectivity index (χ1v) is 6.41. The van der Waals surface area contributed by atoms with Gasteiger partial charge >= 0.3 is 6.18 Å². The molecule has 1 amide bonds. The van der Waals surface area contributed by atoms with Gasteiger partial charge in [0.25, 0.3) is 5.91 Å². The summed E-state index contributed by atoms with van der Waals surface area (Å²) in [5, 5.41) is 2.42. The first-order valence-electron chi connectivity index (χ1n) is 5.97. The van der Waals surface area contributed by atoms with Crippen LogP contribution in [0.2, 0.25) is 0 Å². The molecule has 0 radical (unpaired) electrons. The van der Waals surface area contributed by atoms with Gasteiger partial charge < -0.3 is 5.32 Å². The van der Waals surface area contributed by atoms with Crippen molar-refractivity contribution in [1.29, 1.82) is 0 Å². The molecule has 2 nitrogen and oxygen atoms in total. The zero-order valence-electron chi connectivity index (χ0n) is 10.0. The normalized spacial score (nSPS) is 17.1. The Morgan fingerprint density at radius 2 is 2.11 bits per heavy atom. The van der Waals surface area contributed by atoms with Crippen molar-refractivity contribution in [2.24, 2.45) is 5.92 Å². The lowest BCUT2D eigenvalue weighted by molar-refractivity contribution is -0.137. The highest BCUT2D eigenvalue weighted by Gasteiger charge is 2.31. The van der Waals surface area contributed by atoms with Crippen molar-refractivity contribution in [3.8, 4) is 0 Å². The molecule has 104 valence electrons. The molecule has 1 aromatic carbocycles. The van der Waals surface area contributed by atoms with E-state index >= 15 is 0 Å². The predicted molar refractivity (Wildman–Crippen MR) is 66.1 cm³/mol. The van der Waals surface area contributed by atoms with E-state index in [1.165, 1.54) is 12.1 Å². The van der Waals surface area contributed by atoms with Crippen LogP contribution in [0.4, 0.5) is 13.2 Å². The van der Waals surface area contributed by atoms with Crippen molar-refractivity contribution in [1.82, 2.24) is 5.32 Å². The fourth-order valence-corrected chi connectivity index (χ4v) is 2.08. The molecule has 1 aromatic rings. The first-order chi connectivity index (χ1) is 8.88. The second-order valence-corrected chi connectivity index (χ2v) is 5.20. The number of carbonyl (C=O) groups excluding carboxylic acids is 1. The topological polar surface area (TPSA) is 29.1 Å². The maximum Gasteiger partial charge on any atom is 0.416 e. The molecule has 0 saturated heterocycles. The number of hydrogen-bond acceptors (Lipinski definition) is 1. The number of carbonyl (C=O) groups is 1. The van der Waals surface area contributed by atoms with Crippen molar-refractivity contribution in [3.63, 3.8) is 0 Å². The standard InChI is InChI=1S/C13H13ClF3NO/c14-11(8-4-5-8)7-18-12(19)9-2-1-3-10(6-9)13(15,16)17/h1-3,6,8,11H,4-5,7H2,(H,18,19). The van der Waals surface area contributed by atoms with Crippen LogP contribution in [0.3, 0.4) is 0 Å². The van der Waals surface area contributed by atoms with Gasteiger partial charge in [0.15, 0.2) is 0 Å². The van der Waals surface area contributed by atoms with E-state index in [0.29, 0.717) is 5.92 Å². The summed E-state index contributed by atoms with van der Waals surface area (Å²) < 4.78 is 37.5. The minimum Gasteiger partial charge on any atom is -0.351 e. The van der Waals surface area contributed by atoms with Gasteiger partial charge in [-0.1, -0.05) is 6.07 Å². The third-order valence-electron chi connectivity index (χ3n) is 3.04. The molecule has 1 aliphatic rings. The Bertz CT molecular complexity index is 471. The number of benzene rings is 1. The van der Waals surface area contributed by atoms with Crippen LogP contribution >= 0.6 is 11.6 Å². The molecule has 0 bridgehead atoms. The van der Waals surface area contributed by atoms with E-state index < -0.39 is 17.6 Å². The maximum atomic E-state index is 12.5. The molecule has 19 heavy (non-hydrogen) atoms. The lowest BCUT2D eigenvalue weighted by Gasteiger charge is -2.11. The van der Waals surface area contributed by atoms with E-state index in [-0.39, 0.29) is 17.5 Å². The van der Waals surface area contributed by atoms with Crippen molar-refractivity contribution >= 4 is 17.5 Å². The molecule has 1 saturated carbocycles. The molecule has 0 heterocycles. The summed E-state index contributed by atoms with van der Waals surface area (Å²) in [5.41, 5.74) is -0.834. The summed E-state index contributed by atoms with van der Waals surface area (Å²) in [6, 6.07) is 4.35. The van der Waals surface area contributed by atoms with E-state index in [1.807, 2.05) is 0 Å². The Balaban J connectivity index is 1.98. The van der Waals surface area contributed by atoms with Crippen molar-refractivity contribution in [2.45, 2.75) is 24.4 Å². The molecule has 1 atom stereocenters. The number of hydrogen-bond donors (Lipinski definition) is 1. The van der Waals surface area contributed by atoms with Crippen LogP contribution in [0.1, 0.15) is 28.8 Å². The molecule has 1 N–H and O–H groups in total. The van der Waals surface area contributed by atoms with E-state index in [1.54, 1.807) is 0 Å². The summed E-state index contributed by atoms with van der Waals surface area (Å²) in [7, 11) is 0. The molecule has 0 aromatic heterocycles. The van der Waals surface area contributed by atoms with Gasteiger partial charge in [0.05, 0.1) is 10.9 Å². The quantitative estimate of drug-likeness (QED) is 0.846. The number of amides is 1.